The average molecular weight is 196 g/mol. The molecule has 0 aromatic heterocycles. The fourth-order valence-electron chi connectivity index (χ4n) is 1.48. The van der Waals surface area contributed by atoms with E-state index in [1.807, 2.05) is 0 Å². The number of ether oxygens (including phenoxy) is 1. The summed E-state index contributed by atoms with van der Waals surface area (Å²) in [5, 5.41) is 6.00. The fraction of sp³-hybridized carbons (Fsp3) is 0.700. The molecule has 1 fully saturated rings. The highest BCUT2D eigenvalue weighted by molar-refractivity contribution is 5.67. The molecule has 1 heterocycles. The van der Waals surface area contributed by atoms with E-state index in [4.69, 9.17) is 11.2 Å². The number of alkyl carbamates (subject to hydrolysis) is 1. The summed E-state index contributed by atoms with van der Waals surface area (Å²) in [5.74, 6) is 2.73. The normalized spacial score (nSPS) is 26.3. The first-order valence-electron chi connectivity index (χ1n) is 4.81. The van der Waals surface area contributed by atoms with Gasteiger partial charge in [0.05, 0.1) is 0 Å². The molecular formula is C10H16N2O2. The predicted molar refractivity (Wildman–Crippen MR) is 53.8 cm³/mol. The second kappa shape index (κ2) is 5.51. The zero-order valence-corrected chi connectivity index (χ0v) is 8.38. The van der Waals surface area contributed by atoms with Crippen molar-refractivity contribution in [2.75, 3.05) is 19.7 Å². The van der Waals surface area contributed by atoms with Crippen LogP contribution in [-0.2, 0) is 4.74 Å². The number of amides is 1. The zero-order chi connectivity index (χ0) is 10.4. The maximum atomic E-state index is 11.2. The van der Waals surface area contributed by atoms with Crippen LogP contribution in [0.5, 0.6) is 0 Å². The summed E-state index contributed by atoms with van der Waals surface area (Å²) in [6.07, 6.45) is 5.61. The lowest BCUT2D eigenvalue weighted by atomic mass is 9.95. The molecule has 78 valence electrons. The third kappa shape index (κ3) is 3.27. The monoisotopic (exact) mass is 196 g/mol. The van der Waals surface area contributed by atoms with Crippen molar-refractivity contribution < 1.29 is 9.53 Å². The minimum atomic E-state index is -0.427. The van der Waals surface area contributed by atoms with Crippen molar-refractivity contribution in [3.05, 3.63) is 0 Å². The van der Waals surface area contributed by atoms with Crippen molar-refractivity contribution in [3.63, 3.8) is 0 Å². The average Bonchev–Trinajstić information content (AvgIpc) is 2.18. The maximum Gasteiger partial charge on any atom is 0.408 e. The molecule has 0 aromatic rings. The number of carbonyl (C=O) groups is 1. The van der Waals surface area contributed by atoms with Crippen molar-refractivity contribution >= 4 is 6.09 Å². The van der Waals surface area contributed by atoms with E-state index in [0.717, 1.165) is 19.5 Å². The van der Waals surface area contributed by atoms with E-state index in [9.17, 15) is 4.79 Å². The van der Waals surface area contributed by atoms with Crippen LogP contribution in [0.3, 0.4) is 0 Å². The molecule has 0 bridgehead atoms. The molecule has 2 atom stereocenters. The zero-order valence-electron chi connectivity index (χ0n) is 8.38. The topological polar surface area (TPSA) is 50.4 Å². The van der Waals surface area contributed by atoms with Gasteiger partial charge in [-0.2, -0.15) is 0 Å². The Morgan fingerprint density at radius 3 is 3.21 bits per heavy atom. The van der Waals surface area contributed by atoms with E-state index in [-0.39, 0.29) is 12.6 Å². The van der Waals surface area contributed by atoms with Crippen molar-refractivity contribution in [1.29, 1.82) is 0 Å². The lowest BCUT2D eigenvalue weighted by molar-refractivity contribution is 0.148. The van der Waals surface area contributed by atoms with Crippen molar-refractivity contribution in [2.45, 2.75) is 19.4 Å². The highest BCUT2D eigenvalue weighted by Gasteiger charge is 2.22. The van der Waals surface area contributed by atoms with Gasteiger partial charge < -0.3 is 15.4 Å². The van der Waals surface area contributed by atoms with E-state index >= 15 is 0 Å². The molecule has 4 heteroatoms. The summed E-state index contributed by atoms with van der Waals surface area (Å²) in [5.41, 5.74) is 0. The van der Waals surface area contributed by atoms with Crippen LogP contribution in [0.25, 0.3) is 0 Å². The van der Waals surface area contributed by atoms with Gasteiger partial charge in [0, 0.05) is 12.6 Å². The predicted octanol–water partition coefficient (Wildman–Crippen LogP) is 0.344. The van der Waals surface area contributed by atoms with Gasteiger partial charge in [-0.05, 0) is 18.9 Å². The highest BCUT2D eigenvalue weighted by Crippen LogP contribution is 2.10. The SMILES string of the molecule is C#CCOC(=O)NC1CNCCC1C. The molecule has 0 aromatic carbocycles. The van der Waals surface area contributed by atoms with E-state index in [0.29, 0.717) is 5.92 Å². The van der Waals surface area contributed by atoms with Crippen LogP contribution in [-0.4, -0.2) is 31.8 Å². The number of terminal acetylenes is 1. The van der Waals surface area contributed by atoms with Crippen LogP contribution in [0.15, 0.2) is 0 Å². The largest absolute Gasteiger partial charge is 0.436 e. The van der Waals surface area contributed by atoms with Crippen LogP contribution in [0.4, 0.5) is 4.79 Å². The van der Waals surface area contributed by atoms with Crippen LogP contribution in [0, 0.1) is 18.3 Å². The van der Waals surface area contributed by atoms with Gasteiger partial charge in [0.2, 0.25) is 0 Å². The molecule has 0 aliphatic carbocycles. The molecule has 14 heavy (non-hydrogen) atoms. The smallest absolute Gasteiger partial charge is 0.408 e. The van der Waals surface area contributed by atoms with Crippen molar-refractivity contribution in [2.24, 2.45) is 5.92 Å². The quantitative estimate of drug-likeness (QED) is 0.626. The molecule has 0 spiro atoms. The molecular weight excluding hydrogens is 180 g/mol. The van der Waals surface area contributed by atoms with Gasteiger partial charge in [0.15, 0.2) is 6.61 Å². The standard InChI is InChI=1S/C10H16N2O2/c1-3-6-14-10(13)12-9-7-11-5-4-8(9)2/h1,8-9,11H,4-7H2,2H3,(H,12,13). The Kier molecular flexibility index (Phi) is 4.27. The first-order chi connectivity index (χ1) is 6.74. The first-order valence-corrected chi connectivity index (χ1v) is 4.81. The van der Waals surface area contributed by atoms with Gasteiger partial charge in [0.25, 0.3) is 0 Å². The van der Waals surface area contributed by atoms with Crippen LogP contribution in [0.1, 0.15) is 13.3 Å². The number of piperidine rings is 1. The first kappa shape index (κ1) is 10.9. The summed E-state index contributed by atoms with van der Waals surface area (Å²) in [6, 6.07) is 0.147. The summed E-state index contributed by atoms with van der Waals surface area (Å²) < 4.78 is 4.73. The number of hydrogen-bond acceptors (Lipinski definition) is 3. The second-order valence-corrected chi connectivity index (χ2v) is 3.50. The van der Waals surface area contributed by atoms with Crippen molar-refractivity contribution in [1.82, 2.24) is 10.6 Å². The minimum Gasteiger partial charge on any atom is -0.436 e. The van der Waals surface area contributed by atoms with E-state index in [1.54, 1.807) is 0 Å². The van der Waals surface area contributed by atoms with Gasteiger partial charge >= 0.3 is 6.09 Å². The molecule has 1 aliphatic heterocycles. The lowest BCUT2D eigenvalue weighted by Gasteiger charge is -2.29. The molecule has 1 aliphatic rings. The Morgan fingerprint density at radius 2 is 2.57 bits per heavy atom. The lowest BCUT2D eigenvalue weighted by Crippen LogP contribution is -2.50. The van der Waals surface area contributed by atoms with E-state index in [1.165, 1.54) is 0 Å². The minimum absolute atomic E-state index is 0.0281. The molecule has 1 rings (SSSR count). The molecule has 2 unspecified atom stereocenters. The summed E-state index contributed by atoms with van der Waals surface area (Å²) >= 11 is 0. The third-order valence-corrected chi connectivity index (χ3v) is 2.42. The van der Waals surface area contributed by atoms with Gasteiger partial charge in [-0.1, -0.05) is 12.8 Å². The Bertz CT molecular complexity index is 235. The summed E-state index contributed by atoms with van der Waals surface area (Å²) in [6.45, 7) is 3.96. The third-order valence-electron chi connectivity index (χ3n) is 2.42. The molecule has 1 amide bonds. The molecule has 4 nitrogen and oxygen atoms in total. The van der Waals surface area contributed by atoms with E-state index in [2.05, 4.69) is 23.5 Å². The van der Waals surface area contributed by atoms with E-state index < -0.39 is 6.09 Å². The van der Waals surface area contributed by atoms with Crippen molar-refractivity contribution in [3.8, 4) is 12.3 Å². The Hall–Kier alpha value is -1.21. The summed E-state index contributed by atoms with van der Waals surface area (Å²) in [7, 11) is 0. The highest BCUT2D eigenvalue weighted by atomic mass is 16.5. The molecule has 0 radical (unpaired) electrons. The fourth-order valence-corrected chi connectivity index (χ4v) is 1.48. The van der Waals surface area contributed by atoms with Gasteiger partial charge in [-0.3, -0.25) is 0 Å². The Balaban J connectivity index is 2.28. The molecule has 0 saturated carbocycles. The van der Waals surface area contributed by atoms with Gasteiger partial charge in [-0.25, -0.2) is 4.79 Å². The Morgan fingerprint density at radius 1 is 1.79 bits per heavy atom. The number of carbonyl (C=O) groups excluding carboxylic acids is 1. The molecule has 2 N–H and O–H groups in total. The number of hydrogen-bond donors (Lipinski definition) is 2. The summed E-state index contributed by atoms with van der Waals surface area (Å²) in [4.78, 5) is 11.2. The number of nitrogens with one attached hydrogen (secondary N) is 2. The molecule has 1 saturated heterocycles. The second-order valence-electron chi connectivity index (χ2n) is 3.50. The van der Waals surface area contributed by atoms with Crippen LogP contribution < -0.4 is 10.6 Å². The van der Waals surface area contributed by atoms with Gasteiger partial charge in [-0.15, -0.1) is 6.42 Å². The van der Waals surface area contributed by atoms with Crippen LogP contribution in [0.2, 0.25) is 0 Å². The number of rotatable bonds is 2. The van der Waals surface area contributed by atoms with Gasteiger partial charge in [0.1, 0.15) is 0 Å². The maximum absolute atomic E-state index is 11.2. The van der Waals surface area contributed by atoms with Crippen LogP contribution >= 0.6 is 0 Å². The Labute approximate surface area is 84.4 Å².